The molecular formula is C16H18FN3O2. The fourth-order valence-electron chi connectivity index (χ4n) is 1.81. The Morgan fingerprint density at radius 1 is 1.23 bits per heavy atom. The van der Waals surface area contributed by atoms with E-state index in [1.165, 1.54) is 24.3 Å². The molecule has 2 N–H and O–H groups in total. The molecule has 0 aliphatic rings. The topological polar surface area (TPSA) is 63.2 Å². The summed E-state index contributed by atoms with van der Waals surface area (Å²) in [6.45, 7) is 1.46. The Morgan fingerprint density at radius 3 is 2.64 bits per heavy atom. The van der Waals surface area contributed by atoms with E-state index in [-0.39, 0.29) is 11.7 Å². The summed E-state index contributed by atoms with van der Waals surface area (Å²) >= 11 is 0. The number of amides is 1. The zero-order valence-corrected chi connectivity index (χ0v) is 12.3. The van der Waals surface area contributed by atoms with Crippen LogP contribution in [-0.4, -0.2) is 31.2 Å². The number of nitrogens with zero attached hydrogens (tertiary/aromatic N) is 1. The second kappa shape index (κ2) is 8.09. The van der Waals surface area contributed by atoms with Crippen LogP contribution in [0.25, 0.3) is 0 Å². The monoisotopic (exact) mass is 303 g/mol. The Hall–Kier alpha value is -2.47. The molecule has 1 heterocycles. The minimum absolute atomic E-state index is 0.303. The third-order valence-electron chi connectivity index (χ3n) is 2.96. The van der Waals surface area contributed by atoms with Gasteiger partial charge in [-0.15, -0.1) is 0 Å². The molecule has 1 amide bonds. The number of hydrogen-bond donors (Lipinski definition) is 2. The lowest BCUT2D eigenvalue weighted by molar-refractivity contribution is 0.102. The van der Waals surface area contributed by atoms with E-state index in [4.69, 9.17) is 4.74 Å². The molecule has 22 heavy (non-hydrogen) atoms. The van der Waals surface area contributed by atoms with Gasteiger partial charge in [-0.05, 0) is 42.8 Å². The minimum atomic E-state index is -0.373. The van der Waals surface area contributed by atoms with Gasteiger partial charge in [0.25, 0.3) is 5.91 Å². The van der Waals surface area contributed by atoms with Crippen molar-refractivity contribution >= 4 is 17.4 Å². The van der Waals surface area contributed by atoms with Gasteiger partial charge in [0.2, 0.25) is 0 Å². The van der Waals surface area contributed by atoms with Crippen LogP contribution in [0.2, 0.25) is 0 Å². The van der Waals surface area contributed by atoms with Crippen LogP contribution in [0.5, 0.6) is 0 Å². The summed E-state index contributed by atoms with van der Waals surface area (Å²) in [5, 5.41) is 5.86. The van der Waals surface area contributed by atoms with Crippen LogP contribution in [-0.2, 0) is 4.74 Å². The van der Waals surface area contributed by atoms with Crippen molar-refractivity contribution in [1.82, 2.24) is 4.98 Å². The number of benzene rings is 1. The Labute approximate surface area is 128 Å². The number of nitrogens with one attached hydrogen (secondary N) is 2. The molecule has 0 aliphatic heterocycles. The first-order valence-corrected chi connectivity index (χ1v) is 6.95. The van der Waals surface area contributed by atoms with Crippen molar-refractivity contribution in [3.8, 4) is 0 Å². The number of carbonyl (C=O) groups is 1. The van der Waals surface area contributed by atoms with Crippen molar-refractivity contribution in [2.75, 3.05) is 30.9 Å². The van der Waals surface area contributed by atoms with E-state index >= 15 is 0 Å². The summed E-state index contributed by atoms with van der Waals surface area (Å²) in [6, 6.07) is 8.91. The molecule has 5 nitrogen and oxygen atoms in total. The van der Waals surface area contributed by atoms with E-state index in [9.17, 15) is 9.18 Å². The van der Waals surface area contributed by atoms with Gasteiger partial charge < -0.3 is 15.4 Å². The second-order valence-corrected chi connectivity index (χ2v) is 4.67. The van der Waals surface area contributed by atoms with Crippen molar-refractivity contribution in [2.24, 2.45) is 0 Å². The Bertz CT molecular complexity index is 600. The fourth-order valence-corrected chi connectivity index (χ4v) is 1.81. The van der Waals surface area contributed by atoms with Crippen molar-refractivity contribution in [3.63, 3.8) is 0 Å². The molecule has 1 aromatic heterocycles. The minimum Gasteiger partial charge on any atom is -0.385 e. The molecule has 2 aromatic rings. The average molecular weight is 303 g/mol. The van der Waals surface area contributed by atoms with Crippen LogP contribution in [0.4, 0.5) is 15.9 Å². The molecule has 0 unspecified atom stereocenters. The van der Waals surface area contributed by atoms with E-state index in [0.29, 0.717) is 17.9 Å². The van der Waals surface area contributed by atoms with E-state index in [2.05, 4.69) is 15.6 Å². The van der Waals surface area contributed by atoms with E-state index < -0.39 is 0 Å². The van der Waals surface area contributed by atoms with Crippen molar-refractivity contribution < 1.29 is 13.9 Å². The summed E-state index contributed by atoms with van der Waals surface area (Å²) in [7, 11) is 1.66. The number of halogens is 1. The third kappa shape index (κ3) is 4.82. The predicted molar refractivity (Wildman–Crippen MR) is 83.6 cm³/mol. The zero-order valence-electron chi connectivity index (χ0n) is 12.3. The maximum atomic E-state index is 12.8. The number of rotatable bonds is 7. The Kier molecular flexibility index (Phi) is 5.85. The van der Waals surface area contributed by atoms with E-state index in [0.717, 1.165) is 18.8 Å². The first kappa shape index (κ1) is 15.9. The molecular weight excluding hydrogens is 285 g/mol. The van der Waals surface area contributed by atoms with Gasteiger partial charge in [-0.2, -0.15) is 0 Å². The molecule has 0 atom stereocenters. The molecule has 0 radical (unpaired) electrons. The molecule has 6 heteroatoms. The predicted octanol–water partition coefficient (Wildman–Crippen LogP) is 2.92. The summed E-state index contributed by atoms with van der Waals surface area (Å²) in [4.78, 5) is 16.2. The largest absolute Gasteiger partial charge is 0.385 e. The molecule has 116 valence electrons. The van der Waals surface area contributed by atoms with Crippen LogP contribution >= 0.6 is 0 Å². The van der Waals surface area contributed by atoms with E-state index in [1.807, 2.05) is 0 Å². The van der Waals surface area contributed by atoms with Gasteiger partial charge in [0.15, 0.2) is 0 Å². The first-order valence-electron chi connectivity index (χ1n) is 6.95. The van der Waals surface area contributed by atoms with Crippen LogP contribution in [0.3, 0.4) is 0 Å². The van der Waals surface area contributed by atoms with Crippen LogP contribution in [0.15, 0.2) is 42.6 Å². The molecule has 0 aliphatic carbocycles. The number of anilines is 2. The highest BCUT2D eigenvalue weighted by Crippen LogP contribution is 2.12. The number of aromatic nitrogens is 1. The fraction of sp³-hybridized carbons (Fsp3) is 0.250. The number of pyridine rings is 1. The van der Waals surface area contributed by atoms with Crippen molar-refractivity contribution in [3.05, 3.63) is 54.0 Å². The molecule has 0 saturated heterocycles. The van der Waals surface area contributed by atoms with Gasteiger partial charge >= 0.3 is 0 Å². The number of ether oxygens (including phenoxy) is 1. The number of carbonyl (C=O) groups excluding carboxylic acids is 1. The second-order valence-electron chi connectivity index (χ2n) is 4.67. The van der Waals surface area contributed by atoms with Crippen molar-refractivity contribution in [1.29, 1.82) is 0 Å². The summed E-state index contributed by atoms with van der Waals surface area (Å²) in [6.07, 6.45) is 2.46. The highest BCUT2D eigenvalue weighted by molar-refractivity contribution is 6.04. The van der Waals surface area contributed by atoms with Crippen LogP contribution in [0.1, 0.15) is 16.8 Å². The maximum absolute atomic E-state index is 12.8. The Balaban J connectivity index is 1.88. The lowest BCUT2D eigenvalue weighted by Crippen LogP contribution is -2.12. The molecule has 0 fully saturated rings. The smallest absolute Gasteiger partial charge is 0.255 e. The summed E-state index contributed by atoms with van der Waals surface area (Å²) < 4.78 is 17.8. The van der Waals surface area contributed by atoms with Gasteiger partial charge in [-0.3, -0.25) is 4.79 Å². The Morgan fingerprint density at radius 2 is 2.00 bits per heavy atom. The zero-order chi connectivity index (χ0) is 15.8. The molecule has 1 aromatic carbocycles. The van der Waals surface area contributed by atoms with Gasteiger partial charge in [-0.25, -0.2) is 9.37 Å². The lowest BCUT2D eigenvalue weighted by atomic mass is 10.2. The highest BCUT2D eigenvalue weighted by atomic mass is 19.1. The lowest BCUT2D eigenvalue weighted by Gasteiger charge is -2.07. The molecule has 0 spiro atoms. The summed E-state index contributed by atoms with van der Waals surface area (Å²) in [5.41, 5.74) is 0.972. The van der Waals surface area contributed by atoms with E-state index in [1.54, 1.807) is 25.4 Å². The van der Waals surface area contributed by atoms with Gasteiger partial charge in [0.05, 0.1) is 11.9 Å². The molecule has 2 rings (SSSR count). The number of hydrogen-bond acceptors (Lipinski definition) is 4. The number of methoxy groups -OCH3 is 1. The summed E-state index contributed by atoms with van der Waals surface area (Å²) in [5.74, 6) is 0.0561. The van der Waals surface area contributed by atoms with Gasteiger partial charge in [-0.1, -0.05) is 0 Å². The third-order valence-corrected chi connectivity index (χ3v) is 2.96. The van der Waals surface area contributed by atoms with Gasteiger partial charge in [0, 0.05) is 25.8 Å². The highest BCUT2D eigenvalue weighted by Gasteiger charge is 2.06. The quantitative estimate of drug-likeness (QED) is 0.772. The molecule has 0 saturated carbocycles. The molecule has 0 bridgehead atoms. The first-order chi connectivity index (χ1) is 10.7. The maximum Gasteiger partial charge on any atom is 0.255 e. The standard InChI is InChI=1S/C16H18FN3O2/c1-22-10-2-9-18-15-8-7-14(11-19-15)20-16(21)12-3-5-13(17)6-4-12/h3-8,11H,2,9-10H2,1H3,(H,18,19)(H,20,21). The van der Waals surface area contributed by atoms with Crippen LogP contribution < -0.4 is 10.6 Å². The average Bonchev–Trinajstić information content (AvgIpc) is 2.54. The van der Waals surface area contributed by atoms with Gasteiger partial charge in [0.1, 0.15) is 11.6 Å². The van der Waals surface area contributed by atoms with Crippen molar-refractivity contribution in [2.45, 2.75) is 6.42 Å². The SMILES string of the molecule is COCCCNc1ccc(NC(=O)c2ccc(F)cc2)cn1. The van der Waals surface area contributed by atoms with Crippen LogP contribution in [0, 0.1) is 5.82 Å². The normalized spacial score (nSPS) is 10.3.